The third kappa shape index (κ3) is 3.67. The molecule has 0 aliphatic carbocycles. The van der Waals surface area contributed by atoms with Gasteiger partial charge in [0.2, 0.25) is 0 Å². The first kappa shape index (κ1) is 14.7. The van der Waals surface area contributed by atoms with Gasteiger partial charge in [-0.3, -0.25) is 0 Å². The number of hydrogen-bond donors (Lipinski definition) is 1. The van der Waals surface area contributed by atoms with Gasteiger partial charge in [0.25, 0.3) is 0 Å². The van der Waals surface area contributed by atoms with Crippen LogP contribution in [0.5, 0.6) is 0 Å². The van der Waals surface area contributed by atoms with Crippen molar-refractivity contribution in [3.63, 3.8) is 0 Å². The van der Waals surface area contributed by atoms with Crippen molar-refractivity contribution in [3.05, 3.63) is 71.0 Å². The van der Waals surface area contributed by atoms with Gasteiger partial charge in [-0.1, -0.05) is 56.3 Å². The van der Waals surface area contributed by atoms with E-state index >= 15 is 0 Å². The Morgan fingerprint density at radius 2 is 1.60 bits per heavy atom. The normalized spacial score (nSPS) is 12.3. The predicted octanol–water partition coefficient (Wildman–Crippen LogP) is 4.63. The van der Waals surface area contributed by atoms with Crippen LogP contribution in [0.3, 0.4) is 0 Å². The predicted molar refractivity (Wildman–Crippen MR) is 82.1 cm³/mol. The highest BCUT2D eigenvalue weighted by atomic mass is 19.1. The highest BCUT2D eigenvalue weighted by Crippen LogP contribution is 2.20. The van der Waals surface area contributed by atoms with Crippen molar-refractivity contribution >= 4 is 0 Å². The van der Waals surface area contributed by atoms with Crippen molar-refractivity contribution in [3.8, 4) is 0 Å². The first-order chi connectivity index (χ1) is 9.74. The lowest BCUT2D eigenvalue weighted by Gasteiger charge is -2.18. The molecule has 0 spiro atoms. The minimum atomic E-state index is -0.131. The van der Waals surface area contributed by atoms with E-state index in [4.69, 9.17) is 0 Å². The van der Waals surface area contributed by atoms with Crippen molar-refractivity contribution in [2.45, 2.75) is 39.3 Å². The SMILES string of the molecule is CCc1ccc(CNC(CC)c2ccccc2F)cc1. The molecule has 0 aliphatic rings. The molecule has 0 heterocycles. The molecule has 106 valence electrons. The fraction of sp³-hybridized carbons (Fsp3) is 0.333. The average molecular weight is 271 g/mol. The number of benzene rings is 2. The molecule has 2 aromatic carbocycles. The molecule has 0 radical (unpaired) electrons. The van der Waals surface area contributed by atoms with Gasteiger partial charge < -0.3 is 5.32 Å². The summed E-state index contributed by atoms with van der Waals surface area (Å²) in [5.41, 5.74) is 3.33. The first-order valence-electron chi connectivity index (χ1n) is 7.30. The Kier molecular flexibility index (Phi) is 5.31. The first-order valence-corrected chi connectivity index (χ1v) is 7.30. The van der Waals surface area contributed by atoms with Crippen LogP contribution < -0.4 is 5.32 Å². The van der Waals surface area contributed by atoms with Crippen LogP contribution in [0.2, 0.25) is 0 Å². The Morgan fingerprint density at radius 1 is 0.950 bits per heavy atom. The number of hydrogen-bond acceptors (Lipinski definition) is 1. The van der Waals surface area contributed by atoms with Crippen LogP contribution in [-0.4, -0.2) is 0 Å². The minimum Gasteiger partial charge on any atom is -0.306 e. The Morgan fingerprint density at radius 3 is 2.20 bits per heavy atom. The molecular formula is C18H22FN. The lowest BCUT2D eigenvalue weighted by atomic mass is 10.0. The second-order valence-corrected chi connectivity index (χ2v) is 5.03. The van der Waals surface area contributed by atoms with E-state index < -0.39 is 0 Å². The molecule has 1 unspecified atom stereocenters. The van der Waals surface area contributed by atoms with Crippen LogP contribution in [0.15, 0.2) is 48.5 Å². The van der Waals surface area contributed by atoms with Crippen LogP contribution >= 0.6 is 0 Å². The fourth-order valence-corrected chi connectivity index (χ4v) is 2.37. The summed E-state index contributed by atoms with van der Waals surface area (Å²) in [6.45, 7) is 4.99. The van der Waals surface area contributed by atoms with Crippen LogP contribution in [0.4, 0.5) is 4.39 Å². The van der Waals surface area contributed by atoms with Crippen molar-refractivity contribution in [1.82, 2.24) is 5.32 Å². The molecule has 0 bridgehead atoms. The van der Waals surface area contributed by atoms with E-state index in [2.05, 4.69) is 43.4 Å². The number of halogens is 1. The summed E-state index contributed by atoms with van der Waals surface area (Å²) in [5.74, 6) is -0.131. The van der Waals surface area contributed by atoms with Gasteiger partial charge in [0.1, 0.15) is 5.82 Å². The molecule has 20 heavy (non-hydrogen) atoms. The molecule has 0 saturated carbocycles. The Labute approximate surface area is 120 Å². The summed E-state index contributed by atoms with van der Waals surface area (Å²) >= 11 is 0. The quantitative estimate of drug-likeness (QED) is 0.807. The van der Waals surface area contributed by atoms with E-state index in [1.165, 1.54) is 17.2 Å². The van der Waals surface area contributed by atoms with E-state index in [0.717, 1.165) is 24.9 Å². The van der Waals surface area contributed by atoms with E-state index in [9.17, 15) is 4.39 Å². The highest BCUT2D eigenvalue weighted by Gasteiger charge is 2.12. The van der Waals surface area contributed by atoms with Crippen molar-refractivity contribution in [2.75, 3.05) is 0 Å². The maximum atomic E-state index is 13.8. The van der Waals surface area contributed by atoms with Gasteiger partial charge in [0.15, 0.2) is 0 Å². The second kappa shape index (κ2) is 7.20. The van der Waals surface area contributed by atoms with Crippen LogP contribution in [-0.2, 0) is 13.0 Å². The number of aryl methyl sites for hydroxylation is 1. The minimum absolute atomic E-state index is 0.0575. The zero-order valence-corrected chi connectivity index (χ0v) is 12.2. The molecule has 0 aliphatic heterocycles. The molecule has 2 aromatic rings. The summed E-state index contributed by atoms with van der Waals surface area (Å²) in [7, 11) is 0. The molecule has 2 heteroatoms. The molecule has 1 nitrogen and oxygen atoms in total. The van der Waals surface area contributed by atoms with E-state index in [1.54, 1.807) is 6.07 Å². The smallest absolute Gasteiger partial charge is 0.127 e. The Bertz CT molecular complexity index is 533. The fourth-order valence-electron chi connectivity index (χ4n) is 2.37. The molecule has 0 saturated heterocycles. The van der Waals surface area contributed by atoms with Gasteiger partial charge in [-0.25, -0.2) is 4.39 Å². The maximum Gasteiger partial charge on any atom is 0.127 e. The third-order valence-electron chi connectivity index (χ3n) is 3.67. The largest absolute Gasteiger partial charge is 0.306 e. The van der Waals surface area contributed by atoms with Crippen molar-refractivity contribution < 1.29 is 4.39 Å². The average Bonchev–Trinajstić information content (AvgIpc) is 2.50. The Balaban J connectivity index is 2.02. The highest BCUT2D eigenvalue weighted by molar-refractivity contribution is 5.24. The monoisotopic (exact) mass is 271 g/mol. The summed E-state index contributed by atoms with van der Waals surface area (Å²) in [5, 5.41) is 3.44. The summed E-state index contributed by atoms with van der Waals surface area (Å²) < 4.78 is 13.8. The molecule has 1 N–H and O–H groups in total. The summed E-state index contributed by atoms with van der Waals surface area (Å²) in [6.07, 6.45) is 1.93. The van der Waals surface area contributed by atoms with Gasteiger partial charge in [-0.2, -0.15) is 0 Å². The third-order valence-corrected chi connectivity index (χ3v) is 3.67. The summed E-state index contributed by atoms with van der Waals surface area (Å²) in [6, 6.07) is 15.6. The molecule has 0 amide bonds. The van der Waals surface area contributed by atoms with Crippen LogP contribution in [0.25, 0.3) is 0 Å². The van der Waals surface area contributed by atoms with Gasteiger partial charge in [0.05, 0.1) is 0 Å². The lowest BCUT2D eigenvalue weighted by Crippen LogP contribution is -2.21. The van der Waals surface area contributed by atoms with Gasteiger partial charge in [-0.15, -0.1) is 0 Å². The standard InChI is InChI=1S/C18H22FN/c1-3-14-9-11-15(12-10-14)13-20-18(4-2)16-7-5-6-8-17(16)19/h5-12,18,20H,3-4,13H2,1-2H3. The van der Waals surface area contributed by atoms with Gasteiger partial charge >= 0.3 is 0 Å². The molecular weight excluding hydrogens is 249 g/mol. The lowest BCUT2D eigenvalue weighted by molar-refractivity contribution is 0.488. The van der Waals surface area contributed by atoms with Crippen LogP contribution in [0.1, 0.15) is 43.0 Å². The van der Waals surface area contributed by atoms with Crippen LogP contribution in [0, 0.1) is 5.82 Å². The zero-order chi connectivity index (χ0) is 14.4. The molecule has 1 atom stereocenters. The second-order valence-electron chi connectivity index (χ2n) is 5.03. The van der Waals surface area contributed by atoms with Crippen molar-refractivity contribution in [2.24, 2.45) is 0 Å². The summed E-state index contributed by atoms with van der Waals surface area (Å²) in [4.78, 5) is 0. The zero-order valence-electron chi connectivity index (χ0n) is 12.2. The Hall–Kier alpha value is -1.67. The topological polar surface area (TPSA) is 12.0 Å². The number of rotatable bonds is 6. The number of nitrogens with one attached hydrogen (secondary N) is 1. The van der Waals surface area contributed by atoms with E-state index in [1.807, 2.05) is 12.1 Å². The molecule has 2 rings (SSSR count). The van der Waals surface area contributed by atoms with Crippen molar-refractivity contribution in [1.29, 1.82) is 0 Å². The molecule has 0 aromatic heterocycles. The maximum absolute atomic E-state index is 13.8. The van der Waals surface area contributed by atoms with Gasteiger partial charge in [0, 0.05) is 18.2 Å². The molecule has 0 fully saturated rings. The van der Waals surface area contributed by atoms with Gasteiger partial charge in [-0.05, 0) is 30.0 Å². The van der Waals surface area contributed by atoms with E-state index in [0.29, 0.717) is 0 Å². The van der Waals surface area contributed by atoms with E-state index in [-0.39, 0.29) is 11.9 Å².